The van der Waals surface area contributed by atoms with E-state index in [1.54, 1.807) is 0 Å². The van der Waals surface area contributed by atoms with Crippen LogP contribution in [0.25, 0.3) is 0 Å². The van der Waals surface area contributed by atoms with Gasteiger partial charge in [0.25, 0.3) is 5.91 Å². The molecule has 0 fully saturated rings. The lowest BCUT2D eigenvalue weighted by molar-refractivity contribution is 0.0951. The third-order valence-corrected chi connectivity index (χ3v) is 3.74. The van der Waals surface area contributed by atoms with E-state index in [0.29, 0.717) is 12.5 Å². The molecule has 1 aromatic rings. The molecule has 1 atom stereocenters. The van der Waals surface area contributed by atoms with Crippen LogP contribution in [-0.2, 0) is 0 Å². The Morgan fingerprint density at radius 1 is 1.22 bits per heavy atom. The van der Waals surface area contributed by atoms with Crippen LogP contribution in [0.4, 0.5) is 0 Å². The third-order valence-electron chi connectivity index (χ3n) is 3.09. The molecule has 1 amide bonds. The van der Waals surface area contributed by atoms with Gasteiger partial charge in [0.2, 0.25) is 0 Å². The summed E-state index contributed by atoms with van der Waals surface area (Å²) in [6, 6.07) is 4.06. The number of nitrogens with one attached hydrogen (secondary N) is 1. The van der Waals surface area contributed by atoms with E-state index in [4.69, 9.17) is 11.6 Å². The molecule has 0 aromatic heterocycles. The lowest BCUT2D eigenvalue weighted by atomic mass is 9.99. The van der Waals surface area contributed by atoms with Crippen molar-refractivity contribution in [1.29, 1.82) is 0 Å². The van der Waals surface area contributed by atoms with Crippen molar-refractivity contribution in [2.75, 3.05) is 6.54 Å². The molecule has 0 aliphatic carbocycles. The summed E-state index contributed by atoms with van der Waals surface area (Å²) in [4.78, 5) is 12.2. The van der Waals surface area contributed by atoms with E-state index >= 15 is 0 Å². The number of hydrogen-bond donors (Lipinski definition) is 1. The van der Waals surface area contributed by atoms with Gasteiger partial charge in [-0.15, -0.1) is 11.6 Å². The van der Waals surface area contributed by atoms with E-state index in [1.807, 2.05) is 46.8 Å². The fourth-order valence-corrected chi connectivity index (χ4v) is 2.13. The Morgan fingerprint density at radius 3 is 2.17 bits per heavy atom. The van der Waals surface area contributed by atoms with Crippen LogP contribution < -0.4 is 5.32 Å². The molecule has 1 rings (SSSR count). The van der Waals surface area contributed by atoms with E-state index in [9.17, 15) is 4.79 Å². The number of amides is 1. The first-order valence-electron chi connectivity index (χ1n) is 6.33. The van der Waals surface area contributed by atoms with Crippen molar-refractivity contribution in [3.8, 4) is 0 Å². The molecule has 1 unspecified atom stereocenters. The Hall–Kier alpha value is -1.02. The van der Waals surface area contributed by atoms with Gasteiger partial charge in [0.1, 0.15) is 0 Å². The van der Waals surface area contributed by atoms with Gasteiger partial charge in [0.15, 0.2) is 0 Å². The van der Waals surface area contributed by atoms with Gasteiger partial charge in [-0.25, -0.2) is 0 Å². The number of halogens is 1. The maximum Gasteiger partial charge on any atom is 0.251 e. The monoisotopic (exact) mass is 267 g/mol. The fourth-order valence-electron chi connectivity index (χ4n) is 2.05. The van der Waals surface area contributed by atoms with Gasteiger partial charge < -0.3 is 5.32 Å². The zero-order valence-electron chi connectivity index (χ0n) is 11.8. The third kappa shape index (κ3) is 3.74. The quantitative estimate of drug-likeness (QED) is 0.830. The summed E-state index contributed by atoms with van der Waals surface area (Å²) >= 11 is 6.14. The second kappa shape index (κ2) is 6.24. The zero-order chi connectivity index (χ0) is 13.9. The van der Waals surface area contributed by atoms with Crippen LogP contribution in [0.3, 0.4) is 0 Å². The number of carbonyl (C=O) groups excluding carboxylic acids is 1. The Morgan fingerprint density at radius 2 is 1.72 bits per heavy atom. The Kier molecular flexibility index (Phi) is 5.21. The summed E-state index contributed by atoms with van der Waals surface area (Å²) in [5.41, 5.74) is 3.98. The second-order valence-corrected chi connectivity index (χ2v) is 5.80. The number of benzene rings is 1. The van der Waals surface area contributed by atoms with E-state index in [2.05, 4.69) is 5.32 Å². The number of rotatable bonds is 4. The van der Waals surface area contributed by atoms with E-state index in [1.165, 1.54) is 5.56 Å². The molecule has 0 saturated heterocycles. The summed E-state index contributed by atoms with van der Waals surface area (Å²) < 4.78 is 0. The van der Waals surface area contributed by atoms with E-state index in [-0.39, 0.29) is 11.3 Å². The van der Waals surface area contributed by atoms with Gasteiger partial charge >= 0.3 is 0 Å². The standard InChI is InChI=1S/C15H22ClNO/c1-9(2)13(16)8-17-15(18)14-11(4)6-10(3)7-12(14)5/h6-7,9,13H,8H2,1-5H3,(H,17,18). The second-order valence-electron chi connectivity index (χ2n) is 5.24. The average Bonchev–Trinajstić information content (AvgIpc) is 2.24. The van der Waals surface area contributed by atoms with Crippen LogP contribution in [-0.4, -0.2) is 17.8 Å². The molecule has 0 aliphatic rings. The predicted molar refractivity (Wildman–Crippen MR) is 77.5 cm³/mol. The van der Waals surface area contributed by atoms with Gasteiger partial charge in [0, 0.05) is 12.1 Å². The molecule has 1 aromatic carbocycles. The van der Waals surface area contributed by atoms with Crippen molar-refractivity contribution in [3.05, 3.63) is 34.4 Å². The summed E-state index contributed by atoms with van der Waals surface area (Å²) in [5, 5.41) is 2.88. The molecule has 2 nitrogen and oxygen atoms in total. The first kappa shape index (κ1) is 15.0. The van der Waals surface area contributed by atoms with Crippen molar-refractivity contribution >= 4 is 17.5 Å². The largest absolute Gasteiger partial charge is 0.351 e. The molecule has 0 heterocycles. The normalized spacial score (nSPS) is 12.6. The predicted octanol–water partition coefficient (Wildman–Crippen LogP) is 3.61. The van der Waals surface area contributed by atoms with Crippen LogP contribution in [0.2, 0.25) is 0 Å². The summed E-state index contributed by atoms with van der Waals surface area (Å²) in [5.74, 6) is 0.323. The maximum absolute atomic E-state index is 12.2. The van der Waals surface area contributed by atoms with E-state index < -0.39 is 0 Å². The Bertz CT molecular complexity index is 417. The molecule has 0 spiro atoms. The Balaban J connectivity index is 2.79. The zero-order valence-corrected chi connectivity index (χ0v) is 12.6. The Labute approximate surface area is 115 Å². The minimum atomic E-state index is -0.0312. The smallest absolute Gasteiger partial charge is 0.251 e. The lowest BCUT2D eigenvalue weighted by Crippen LogP contribution is -2.32. The maximum atomic E-state index is 12.2. The summed E-state index contributed by atoms with van der Waals surface area (Å²) in [6.45, 7) is 10.6. The summed E-state index contributed by atoms with van der Waals surface area (Å²) in [6.07, 6.45) is 0. The highest BCUT2D eigenvalue weighted by atomic mass is 35.5. The first-order valence-corrected chi connectivity index (χ1v) is 6.76. The van der Waals surface area contributed by atoms with Crippen LogP contribution in [0, 0.1) is 26.7 Å². The van der Waals surface area contributed by atoms with Gasteiger partial charge in [0.05, 0.1) is 5.38 Å². The molecule has 0 aliphatic heterocycles. The van der Waals surface area contributed by atoms with Crippen molar-refractivity contribution < 1.29 is 4.79 Å². The molecular weight excluding hydrogens is 246 g/mol. The number of carbonyl (C=O) groups is 1. The fraction of sp³-hybridized carbons (Fsp3) is 0.533. The van der Waals surface area contributed by atoms with Gasteiger partial charge in [-0.05, 0) is 37.8 Å². The highest BCUT2D eigenvalue weighted by molar-refractivity contribution is 6.21. The minimum Gasteiger partial charge on any atom is -0.351 e. The molecular formula is C15H22ClNO. The highest BCUT2D eigenvalue weighted by Gasteiger charge is 2.15. The molecule has 0 saturated carbocycles. The molecule has 3 heteroatoms. The van der Waals surface area contributed by atoms with Crippen LogP contribution in [0.5, 0.6) is 0 Å². The van der Waals surface area contributed by atoms with Gasteiger partial charge in [-0.1, -0.05) is 31.5 Å². The minimum absolute atomic E-state index is 0.0278. The number of hydrogen-bond acceptors (Lipinski definition) is 1. The van der Waals surface area contributed by atoms with Gasteiger partial charge in [-0.3, -0.25) is 4.79 Å². The SMILES string of the molecule is Cc1cc(C)c(C(=O)NCC(Cl)C(C)C)c(C)c1. The topological polar surface area (TPSA) is 29.1 Å². The van der Waals surface area contributed by atoms with E-state index in [0.717, 1.165) is 16.7 Å². The molecule has 1 N–H and O–H groups in total. The van der Waals surface area contributed by atoms with Gasteiger partial charge in [-0.2, -0.15) is 0 Å². The summed E-state index contributed by atoms with van der Waals surface area (Å²) in [7, 11) is 0. The van der Waals surface area contributed by atoms with Crippen LogP contribution in [0.15, 0.2) is 12.1 Å². The first-order chi connectivity index (χ1) is 8.32. The van der Waals surface area contributed by atoms with Crippen molar-refractivity contribution in [2.24, 2.45) is 5.92 Å². The van der Waals surface area contributed by atoms with Crippen molar-refractivity contribution in [2.45, 2.75) is 40.0 Å². The van der Waals surface area contributed by atoms with Crippen molar-refractivity contribution in [3.63, 3.8) is 0 Å². The van der Waals surface area contributed by atoms with Crippen LogP contribution >= 0.6 is 11.6 Å². The molecule has 18 heavy (non-hydrogen) atoms. The lowest BCUT2D eigenvalue weighted by Gasteiger charge is -2.16. The molecule has 0 radical (unpaired) electrons. The molecule has 100 valence electrons. The van der Waals surface area contributed by atoms with Crippen LogP contribution in [0.1, 0.15) is 40.9 Å². The number of aryl methyl sites for hydroxylation is 3. The highest BCUT2D eigenvalue weighted by Crippen LogP contribution is 2.16. The van der Waals surface area contributed by atoms with Crippen molar-refractivity contribution in [1.82, 2.24) is 5.32 Å². The number of alkyl halides is 1. The molecule has 0 bridgehead atoms. The average molecular weight is 268 g/mol.